The van der Waals surface area contributed by atoms with Crippen LogP contribution in [0.25, 0.3) is 10.9 Å². The van der Waals surface area contributed by atoms with Gasteiger partial charge in [0.1, 0.15) is 0 Å². The van der Waals surface area contributed by atoms with Crippen LogP contribution in [0.2, 0.25) is 0 Å². The lowest BCUT2D eigenvalue weighted by Gasteiger charge is -2.34. The Morgan fingerprint density at radius 3 is 2.41 bits per heavy atom. The molecule has 0 spiro atoms. The van der Waals surface area contributed by atoms with E-state index in [9.17, 15) is 27.9 Å². The molecule has 1 saturated heterocycles. The normalized spacial score (nSPS) is 14.3. The fraction of sp³-hybridized carbons (Fsp3) is 0.212. The van der Waals surface area contributed by atoms with Crippen molar-refractivity contribution in [2.24, 2.45) is 12.0 Å². The van der Waals surface area contributed by atoms with Crippen LogP contribution in [0.3, 0.4) is 0 Å². The fourth-order valence-electron chi connectivity index (χ4n) is 5.40. The molecule has 10 nitrogen and oxygen atoms in total. The monoisotopic (exact) mass is 629 g/mol. The van der Waals surface area contributed by atoms with Gasteiger partial charge in [0.05, 0.1) is 16.8 Å². The molecule has 3 N–H and O–H groups in total. The van der Waals surface area contributed by atoms with Crippen LogP contribution in [-0.4, -0.2) is 75.9 Å². The van der Waals surface area contributed by atoms with Crippen LogP contribution in [0.15, 0.2) is 77.9 Å². The second-order valence-corrected chi connectivity index (χ2v) is 11.1. The fourth-order valence-corrected chi connectivity index (χ4v) is 5.40. The van der Waals surface area contributed by atoms with Gasteiger partial charge in [-0.1, -0.05) is 24.3 Å². The summed E-state index contributed by atoms with van der Waals surface area (Å²) in [7, 11) is 3.40. The predicted molar refractivity (Wildman–Crippen MR) is 169 cm³/mol. The number of aryl methyl sites for hydroxylation is 1. The van der Waals surface area contributed by atoms with Gasteiger partial charge in [-0.25, -0.2) is 0 Å². The summed E-state index contributed by atoms with van der Waals surface area (Å²) in [6, 6.07) is 18.7. The number of halogens is 3. The standard InChI is InChI=1S/C33H30F3N7O3/c1-41-12-14-43(15-13-41)24-9-7-22(8-10-24)37-18-26-25-11-6-21(17-28(25)39-31(26)45)29(44)20-4-3-5-23(16-20)38-32(46)27-19-42(2)40-30(27)33(34,35)36/h3-11,16-19,39,45H,12-15H2,1-2H3,(H,38,46). The molecule has 0 aliphatic carbocycles. The number of carbonyl (C=O) groups is 2. The number of hydrogen-bond donors (Lipinski definition) is 3. The molecule has 2 aromatic heterocycles. The van der Waals surface area contributed by atoms with E-state index in [4.69, 9.17) is 0 Å². The Morgan fingerprint density at radius 2 is 1.70 bits per heavy atom. The van der Waals surface area contributed by atoms with E-state index >= 15 is 0 Å². The summed E-state index contributed by atoms with van der Waals surface area (Å²) in [6.07, 6.45) is -2.25. The van der Waals surface area contributed by atoms with Crippen LogP contribution < -0.4 is 10.2 Å². The second kappa shape index (κ2) is 12.2. The SMILES string of the molecule is CN1CCN(c2ccc(N=Cc3c(O)[nH]c4cc(C(=O)c5cccc(NC(=O)c6cn(C)nc6C(F)(F)F)c5)ccc34)cc2)CC1. The Hall–Kier alpha value is -5.43. The van der Waals surface area contributed by atoms with Crippen molar-refractivity contribution in [1.29, 1.82) is 0 Å². The minimum Gasteiger partial charge on any atom is -0.494 e. The van der Waals surface area contributed by atoms with Crippen LogP contribution in [0.4, 0.5) is 30.2 Å². The number of carbonyl (C=O) groups excluding carboxylic acids is 2. The van der Waals surface area contributed by atoms with Crippen LogP contribution in [0, 0.1) is 0 Å². The van der Waals surface area contributed by atoms with Crippen molar-refractivity contribution in [1.82, 2.24) is 19.7 Å². The lowest BCUT2D eigenvalue weighted by molar-refractivity contribution is -0.141. The maximum atomic E-state index is 13.4. The van der Waals surface area contributed by atoms with Crippen molar-refractivity contribution in [3.05, 3.63) is 101 Å². The summed E-state index contributed by atoms with van der Waals surface area (Å²) in [5.41, 5.74) is 1.55. The Kier molecular flexibility index (Phi) is 8.09. The molecular weight excluding hydrogens is 599 g/mol. The summed E-state index contributed by atoms with van der Waals surface area (Å²) in [5.74, 6) is -1.50. The zero-order valence-corrected chi connectivity index (χ0v) is 25.0. The molecule has 1 aliphatic rings. The molecule has 1 fully saturated rings. The summed E-state index contributed by atoms with van der Waals surface area (Å²) >= 11 is 0. The third-order valence-electron chi connectivity index (χ3n) is 7.87. The maximum Gasteiger partial charge on any atom is 0.435 e. The number of aliphatic imine (C=N–C) groups is 1. The first-order chi connectivity index (χ1) is 22.0. The number of piperazine rings is 1. The molecule has 0 saturated carbocycles. The first-order valence-corrected chi connectivity index (χ1v) is 14.5. The van der Waals surface area contributed by atoms with Gasteiger partial charge in [-0.3, -0.25) is 19.3 Å². The molecule has 236 valence electrons. The van der Waals surface area contributed by atoms with Crippen LogP contribution in [-0.2, 0) is 13.2 Å². The van der Waals surface area contributed by atoms with E-state index in [2.05, 4.69) is 37.2 Å². The van der Waals surface area contributed by atoms with Gasteiger partial charge < -0.3 is 25.2 Å². The highest BCUT2D eigenvalue weighted by Crippen LogP contribution is 2.32. The van der Waals surface area contributed by atoms with Crippen molar-refractivity contribution < 1.29 is 27.9 Å². The average molecular weight is 630 g/mol. The molecule has 3 heterocycles. The number of anilines is 2. The van der Waals surface area contributed by atoms with E-state index in [0.717, 1.165) is 48.4 Å². The zero-order chi connectivity index (χ0) is 32.6. The van der Waals surface area contributed by atoms with Crippen molar-refractivity contribution in [3.63, 3.8) is 0 Å². The number of ketones is 1. The summed E-state index contributed by atoms with van der Waals surface area (Å²) in [5, 5.41) is 17.1. The quantitative estimate of drug-likeness (QED) is 0.159. The number of aromatic hydroxyl groups is 1. The number of nitrogens with zero attached hydrogens (tertiary/aromatic N) is 5. The molecule has 6 rings (SSSR count). The van der Waals surface area contributed by atoms with Gasteiger partial charge in [-0.05, 0) is 49.5 Å². The third kappa shape index (κ3) is 6.35. The zero-order valence-electron chi connectivity index (χ0n) is 25.0. The molecule has 1 amide bonds. The first-order valence-electron chi connectivity index (χ1n) is 14.5. The van der Waals surface area contributed by atoms with Gasteiger partial charge in [0.15, 0.2) is 17.4 Å². The maximum absolute atomic E-state index is 13.4. The Morgan fingerprint density at radius 1 is 0.978 bits per heavy atom. The minimum absolute atomic E-state index is 0.101. The van der Waals surface area contributed by atoms with Crippen LogP contribution in [0.1, 0.15) is 37.5 Å². The highest BCUT2D eigenvalue weighted by atomic mass is 19.4. The van der Waals surface area contributed by atoms with Crippen molar-refractivity contribution in [2.45, 2.75) is 6.18 Å². The number of benzene rings is 3. The number of aromatic amines is 1. The Bertz CT molecular complexity index is 1950. The number of fused-ring (bicyclic) bond motifs is 1. The molecule has 1 aliphatic heterocycles. The Labute approximate surface area is 261 Å². The molecule has 0 radical (unpaired) electrons. The molecule has 46 heavy (non-hydrogen) atoms. The van der Waals surface area contributed by atoms with Gasteiger partial charge in [0, 0.05) is 79.0 Å². The van der Waals surface area contributed by atoms with Crippen molar-refractivity contribution in [2.75, 3.05) is 43.4 Å². The van der Waals surface area contributed by atoms with Gasteiger partial charge in [-0.15, -0.1) is 0 Å². The minimum atomic E-state index is -4.81. The highest BCUT2D eigenvalue weighted by Gasteiger charge is 2.39. The van der Waals surface area contributed by atoms with Gasteiger partial charge in [0.2, 0.25) is 0 Å². The molecule has 0 bridgehead atoms. The first kappa shape index (κ1) is 30.6. The van der Waals surface area contributed by atoms with Crippen LogP contribution >= 0.6 is 0 Å². The summed E-state index contributed by atoms with van der Waals surface area (Å²) in [6.45, 7) is 3.96. The molecule has 5 aromatic rings. The predicted octanol–water partition coefficient (Wildman–Crippen LogP) is 5.61. The number of nitrogens with one attached hydrogen (secondary N) is 2. The molecular formula is C33H30F3N7O3. The van der Waals surface area contributed by atoms with Gasteiger partial charge in [-0.2, -0.15) is 18.3 Å². The topological polar surface area (TPSA) is 119 Å². The summed E-state index contributed by atoms with van der Waals surface area (Å²) < 4.78 is 40.9. The average Bonchev–Trinajstić information content (AvgIpc) is 3.59. The Balaban J connectivity index is 1.17. The summed E-state index contributed by atoms with van der Waals surface area (Å²) in [4.78, 5) is 38.1. The number of aromatic nitrogens is 3. The number of hydrogen-bond acceptors (Lipinski definition) is 7. The molecule has 3 aromatic carbocycles. The van der Waals surface area contributed by atoms with Gasteiger partial charge >= 0.3 is 6.18 Å². The molecule has 13 heteroatoms. The van der Waals surface area contributed by atoms with E-state index in [-0.39, 0.29) is 22.9 Å². The molecule has 0 unspecified atom stereocenters. The molecule has 0 atom stereocenters. The van der Waals surface area contributed by atoms with Crippen molar-refractivity contribution >= 4 is 45.9 Å². The number of amides is 1. The lowest BCUT2D eigenvalue weighted by Crippen LogP contribution is -2.44. The number of H-pyrrole nitrogens is 1. The van der Waals surface area contributed by atoms with Gasteiger partial charge in [0.25, 0.3) is 5.91 Å². The lowest BCUT2D eigenvalue weighted by atomic mass is 10.0. The van der Waals surface area contributed by atoms with E-state index < -0.39 is 23.3 Å². The third-order valence-corrected chi connectivity index (χ3v) is 7.87. The van der Waals surface area contributed by atoms with E-state index in [1.807, 2.05) is 24.3 Å². The van der Waals surface area contributed by atoms with Crippen molar-refractivity contribution in [3.8, 4) is 5.88 Å². The van der Waals surface area contributed by atoms with E-state index in [1.165, 1.54) is 31.3 Å². The highest BCUT2D eigenvalue weighted by molar-refractivity contribution is 6.13. The number of likely N-dealkylation sites (N-methyl/N-ethyl adjacent to an activating group) is 1. The van der Waals surface area contributed by atoms with E-state index in [0.29, 0.717) is 22.0 Å². The second-order valence-electron chi connectivity index (χ2n) is 11.1. The number of alkyl halides is 3. The smallest absolute Gasteiger partial charge is 0.435 e. The number of rotatable bonds is 7. The largest absolute Gasteiger partial charge is 0.494 e. The van der Waals surface area contributed by atoms with E-state index in [1.54, 1.807) is 24.4 Å². The van der Waals surface area contributed by atoms with Crippen LogP contribution in [0.5, 0.6) is 5.88 Å².